The highest BCUT2D eigenvalue weighted by Gasteiger charge is 2.56. The lowest BCUT2D eigenvalue weighted by atomic mass is 9.33. The quantitative estimate of drug-likeness (QED) is 0.155. The van der Waals surface area contributed by atoms with Crippen LogP contribution in [0.5, 0.6) is 11.5 Å². The maximum atomic E-state index is 7.40. The van der Waals surface area contributed by atoms with Crippen LogP contribution in [0.3, 0.4) is 0 Å². The Kier molecular flexibility index (Phi) is 9.20. The maximum Gasteiger partial charge on any atom is 0.256 e. The Balaban J connectivity index is 0.965. The van der Waals surface area contributed by atoms with E-state index < -0.39 is 0 Å². The van der Waals surface area contributed by atoms with Crippen LogP contribution in [0, 0.1) is 17.8 Å². The molecule has 10 aromatic rings. The third-order valence-electron chi connectivity index (χ3n) is 17.7. The maximum absolute atomic E-state index is 7.40. The van der Waals surface area contributed by atoms with Crippen LogP contribution in [-0.4, -0.2) is 16.8 Å². The lowest BCUT2D eigenvalue weighted by Gasteiger charge is -2.62. The second-order valence-corrected chi connectivity index (χ2v) is 23.1. The van der Waals surface area contributed by atoms with E-state index in [4.69, 9.17) is 4.74 Å². The van der Waals surface area contributed by atoms with E-state index in [-0.39, 0.29) is 17.7 Å². The van der Waals surface area contributed by atoms with Crippen LogP contribution in [0.2, 0.25) is 0 Å². The Hall–Kier alpha value is -7.56. The molecule has 4 bridgehead atoms. The van der Waals surface area contributed by atoms with Crippen molar-refractivity contribution in [2.75, 3.05) is 4.90 Å². The van der Waals surface area contributed by atoms with E-state index in [1.807, 2.05) is 0 Å². The lowest BCUT2D eigenvalue weighted by Crippen LogP contribution is -2.66. The van der Waals surface area contributed by atoms with Gasteiger partial charge in [-0.1, -0.05) is 160 Å². The van der Waals surface area contributed by atoms with Gasteiger partial charge in [-0.2, -0.15) is 0 Å². The van der Waals surface area contributed by atoms with Gasteiger partial charge in [-0.3, -0.25) is 0 Å². The Labute approximate surface area is 423 Å². The van der Waals surface area contributed by atoms with Gasteiger partial charge in [0.15, 0.2) is 0 Å². The number of hydrogen-bond acceptors (Lipinski definition) is 2. The van der Waals surface area contributed by atoms with Crippen LogP contribution in [0.1, 0.15) is 64.9 Å². The third-order valence-corrected chi connectivity index (χ3v) is 17.7. The van der Waals surface area contributed by atoms with E-state index in [1.54, 1.807) is 0 Å². The van der Waals surface area contributed by atoms with Gasteiger partial charge >= 0.3 is 0 Å². The second kappa shape index (κ2) is 15.7. The molecule has 0 amide bonds. The predicted octanol–water partition coefficient (Wildman–Crippen LogP) is 15.8. The summed E-state index contributed by atoms with van der Waals surface area (Å²) in [5, 5.41) is 2.49. The van der Waals surface area contributed by atoms with E-state index in [2.05, 4.69) is 230 Å². The molecule has 0 radical (unpaired) electrons. The first-order valence-corrected chi connectivity index (χ1v) is 26.5. The van der Waals surface area contributed by atoms with Gasteiger partial charge in [0, 0.05) is 33.4 Å². The molecule has 4 heteroatoms. The Morgan fingerprint density at radius 1 is 0.444 bits per heavy atom. The number of ether oxygens (including phenoxy) is 1. The molecule has 0 N–H and O–H groups in total. The Morgan fingerprint density at radius 2 is 0.958 bits per heavy atom. The number of fused-ring (bicyclic) bond motifs is 7. The molecule has 2 aliphatic heterocycles. The molecular weight excluding hydrogens is 872 g/mol. The molecule has 6 aliphatic rings. The van der Waals surface area contributed by atoms with Gasteiger partial charge in [-0.05, 0) is 189 Å². The molecule has 0 spiro atoms. The highest BCUT2D eigenvalue weighted by Crippen LogP contribution is 2.60. The summed E-state index contributed by atoms with van der Waals surface area (Å²) in [5.41, 5.74) is 21.5. The van der Waals surface area contributed by atoms with Crippen molar-refractivity contribution in [1.82, 2.24) is 4.57 Å². The van der Waals surface area contributed by atoms with Crippen LogP contribution in [0.4, 0.5) is 11.4 Å². The standard InChI is InChI=1S/C68H57BN2O/c1-67(2,3)54-24-19-49(20-25-54)53-37-63-66-65(38-53)72-64-30-26-55(70-60-27-21-50(46-13-7-4-8-14-46)34-56(60)57-35-51(22-28-61(57)70)47-15-9-5-10-16-47)39-59(64)69(66)58-36-52(48-17-11-6-12-18-48)23-29-62(58)71(63)68-40-43-31-44(41-68)33-45(32-43)42-68/h4-30,34-39,43-45H,31-33,40-42H2,1-3H3. The molecule has 4 aliphatic carbocycles. The topological polar surface area (TPSA) is 17.4 Å². The SMILES string of the molecule is CC(C)(C)c1ccc(-c2cc3c4c(c2)N(C25CC6CC(CC(C6)C2)C5)c2ccc(-c5ccccc5)cc2B4c2cc(-n4c5ccc(-c6ccccc6)cc5c5cc(-c6ccccc6)ccc54)ccc2O3)cc1. The molecule has 0 saturated heterocycles. The molecule has 72 heavy (non-hydrogen) atoms. The normalized spacial score (nSPS) is 20.3. The van der Waals surface area contributed by atoms with Gasteiger partial charge in [-0.25, -0.2) is 0 Å². The minimum atomic E-state index is -0.0395. The largest absolute Gasteiger partial charge is 0.458 e. The predicted molar refractivity (Wildman–Crippen MR) is 302 cm³/mol. The molecule has 0 atom stereocenters. The van der Waals surface area contributed by atoms with Gasteiger partial charge in [-0.15, -0.1) is 0 Å². The summed E-state index contributed by atoms with van der Waals surface area (Å²) in [6.45, 7) is 6.87. The smallest absolute Gasteiger partial charge is 0.256 e. The number of anilines is 2. The van der Waals surface area contributed by atoms with E-state index in [1.165, 1.54) is 138 Å². The fraction of sp³-hybridized carbons (Fsp3) is 0.206. The Bertz CT molecular complexity index is 3660. The monoisotopic (exact) mass is 928 g/mol. The van der Waals surface area contributed by atoms with E-state index in [9.17, 15) is 0 Å². The van der Waals surface area contributed by atoms with Crippen LogP contribution in [0.25, 0.3) is 72.0 Å². The second-order valence-electron chi connectivity index (χ2n) is 23.1. The van der Waals surface area contributed by atoms with Crippen LogP contribution in [-0.2, 0) is 5.41 Å². The van der Waals surface area contributed by atoms with Crippen LogP contribution in [0.15, 0.2) is 200 Å². The summed E-state index contributed by atoms with van der Waals surface area (Å²) in [5.74, 6) is 4.30. The number of nitrogens with zero attached hydrogens (tertiary/aromatic N) is 2. The average molecular weight is 929 g/mol. The van der Waals surface area contributed by atoms with Gasteiger partial charge in [0.05, 0.1) is 11.0 Å². The van der Waals surface area contributed by atoms with Crippen molar-refractivity contribution in [2.45, 2.75) is 70.3 Å². The van der Waals surface area contributed by atoms with Gasteiger partial charge in [0.1, 0.15) is 11.5 Å². The van der Waals surface area contributed by atoms with E-state index in [0.717, 1.165) is 34.9 Å². The van der Waals surface area contributed by atoms with Crippen LogP contribution >= 0.6 is 0 Å². The van der Waals surface area contributed by atoms with Gasteiger partial charge < -0.3 is 14.2 Å². The van der Waals surface area contributed by atoms with E-state index in [0.29, 0.717) is 0 Å². The first kappa shape index (κ1) is 42.2. The van der Waals surface area contributed by atoms with Crippen molar-refractivity contribution in [3.8, 4) is 61.7 Å². The van der Waals surface area contributed by atoms with Crippen molar-refractivity contribution in [3.63, 3.8) is 0 Å². The van der Waals surface area contributed by atoms with Crippen molar-refractivity contribution in [2.24, 2.45) is 17.8 Å². The molecule has 1 aromatic heterocycles. The van der Waals surface area contributed by atoms with E-state index >= 15 is 0 Å². The average Bonchev–Trinajstić information content (AvgIpc) is 3.73. The summed E-state index contributed by atoms with van der Waals surface area (Å²) in [6.07, 6.45) is 7.98. The Morgan fingerprint density at radius 3 is 1.51 bits per heavy atom. The summed E-state index contributed by atoms with van der Waals surface area (Å²) in [7, 11) is 0. The zero-order valence-corrected chi connectivity index (χ0v) is 41.4. The number of aromatic nitrogens is 1. The fourth-order valence-electron chi connectivity index (χ4n) is 14.8. The van der Waals surface area contributed by atoms with Crippen molar-refractivity contribution in [1.29, 1.82) is 0 Å². The van der Waals surface area contributed by atoms with Crippen molar-refractivity contribution in [3.05, 3.63) is 206 Å². The van der Waals surface area contributed by atoms with Crippen molar-refractivity contribution < 1.29 is 4.74 Å². The highest BCUT2D eigenvalue weighted by molar-refractivity contribution is 6.99. The number of rotatable bonds is 6. The minimum absolute atomic E-state index is 0.0395. The number of benzene rings is 9. The summed E-state index contributed by atoms with van der Waals surface area (Å²) < 4.78 is 9.90. The third kappa shape index (κ3) is 6.57. The molecular formula is C68H57BN2O. The summed E-state index contributed by atoms with van der Waals surface area (Å²) >= 11 is 0. The molecule has 3 heterocycles. The molecule has 3 nitrogen and oxygen atoms in total. The zero-order chi connectivity index (χ0) is 47.9. The van der Waals surface area contributed by atoms with Gasteiger partial charge in [0.25, 0.3) is 6.71 Å². The first-order chi connectivity index (χ1) is 35.2. The van der Waals surface area contributed by atoms with Crippen molar-refractivity contribution >= 4 is 56.3 Å². The first-order valence-electron chi connectivity index (χ1n) is 26.5. The molecule has 348 valence electrons. The van der Waals surface area contributed by atoms with Gasteiger partial charge in [0.2, 0.25) is 0 Å². The number of hydrogen-bond donors (Lipinski definition) is 0. The van der Waals surface area contributed by atoms with Crippen LogP contribution < -0.4 is 26.0 Å². The molecule has 16 rings (SSSR count). The zero-order valence-electron chi connectivity index (χ0n) is 41.4. The highest BCUT2D eigenvalue weighted by atomic mass is 16.5. The summed E-state index contributed by atoms with van der Waals surface area (Å²) in [6, 6.07) is 75.4. The molecule has 4 saturated carbocycles. The molecule has 9 aromatic carbocycles. The summed E-state index contributed by atoms with van der Waals surface area (Å²) in [4.78, 5) is 2.91. The molecule has 4 fully saturated rings. The minimum Gasteiger partial charge on any atom is -0.458 e. The lowest BCUT2D eigenvalue weighted by molar-refractivity contribution is 0.000632. The fourth-order valence-corrected chi connectivity index (χ4v) is 14.8. The molecule has 0 unspecified atom stereocenters.